The van der Waals surface area contributed by atoms with Crippen LogP contribution in [0, 0.1) is 0 Å². The molecular weight excluding hydrogens is 367 g/mol. The smallest absolute Gasteiger partial charge is 0.349 e. The second-order valence-corrected chi connectivity index (χ2v) is 5.50. The molecule has 2 aromatic rings. The Morgan fingerprint density at radius 2 is 1.80 bits per heavy atom. The fourth-order valence-electron chi connectivity index (χ4n) is 1.41. The monoisotopic (exact) mass is 374 g/mol. The van der Waals surface area contributed by atoms with Crippen LogP contribution in [0.4, 0.5) is 0 Å². The van der Waals surface area contributed by atoms with Gasteiger partial charge < -0.3 is 9.47 Å². The number of carbonyl (C=O) groups excluding carboxylic acids is 1. The molecule has 0 radical (unpaired) electrons. The van der Waals surface area contributed by atoms with Crippen LogP contribution in [0.15, 0.2) is 46.9 Å². The molecule has 0 aliphatic carbocycles. The molecule has 0 aliphatic rings. The van der Waals surface area contributed by atoms with Gasteiger partial charge >= 0.3 is 5.97 Å². The van der Waals surface area contributed by atoms with Gasteiger partial charge in [0.15, 0.2) is 6.61 Å². The number of benzene rings is 2. The quantitative estimate of drug-likeness (QED) is 0.571. The van der Waals surface area contributed by atoms with Crippen molar-refractivity contribution < 1.29 is 14.3 Å². The fourth-order valence-corrected chi connectivity index (χ4v) is 2.31. The van der Waals surface area contributed by atoms with Crippen LogP contribution in [0.5, 0.6) is 11.5 Å². The molecule has 2 rings (SSSR count). The number of rotatable bonds is 4. The lowest BCUT2D eigenvalue weighted by Gasteiger charge is -2.09. The van der Waals surface area contributed by atoms with E-state index in [0.29, 0.717) is 15.8 Å². The molecule has 0 fully saturated rings. The molecule has 6 heteroatoms. The highest BCUT2D eigenvalue weighted by Gasteiger charge is 2.10. The summed E-state index contributed by atoms with van der Waals surface area (Å²) in [5.74, 6) is 0.143. The third-order valence-corrected chi connectivity index (χ3v) is 3.40. The highest BCUT2D eigenvalue weighted by Crippen LogP contribution is 2.28. The van der Waals surface area contributed by atoms with E-state index in [4.69, 9.17) is 32.7 Å². The number of hydrogen-bond donors (Lipinski definition) is 0. The molecule has 0 amide bonds. The van der Waals surface area contributed by atoms with Gasteiger partial charge in [0.25, 0.3) is 0 Å². The summed E-state index contributed by atoms with van der Waals surface area (Å²) in [7, 11) is 0. The van der Waals surface area contributed by atoms with E-state index in [0.717, 1.165) is 4.47 Å². The van der Waals surface area contributed by atoms with E-state index in [9.17, 15) is 4.79 Å². The zero-order valence-electron chi connectivity index (χ0n) is 10.1. The summed E-state index contributed by atoms with van der Waals surface area (Å²) in [5, 5.41) is 0.771. The van der Waals surface area contributed by atoms with Crippen LogP contribution in [-0.4, -0.2) is 12.6 Å². The van der Waals surface area contributed by atoms with Crippen LogP contribution >= 0.6 is 39.1 Å². The van der Waals surface area contributed by atoms with Gasteiger partial charge in [0.05, 0.1) is 10.0 Å². The predicted octanol–water partition coefficient (Wildman–Crippen LogP) is 4.74. The summed E-state index contributed by atoms with van der Waals surface area (Å²) < 4.78 is 11.2. The van der Waals surface area contributed by atoms with E-state index in [1.165, 1.54) is 0 Å². The first-order valence-electron chi connectivity index (χ1n) is 5.59. The van der Waals surface area contributed by atoms with Crippen molar-refractivity contribution in [3.8, 4) is 11.5 Å². The molecule has 0 unspecified atom stereocenters. The lowest BCUT2D eigenvalue weighted by atomic mass is 10.3. The van der Waals surface area contributed by atoms with Crippen molar-refractivity contribution in [2.24, 2.45) is 0 Å². The maximum absolute atomic E-state index is 11.7. The molecule has 2 aromatic carbocycles. The number of ether oxygens (including phenoxy) is 2. The second-order valence-electron chi connectivity index (χ2n) is 3.77. The maximum atomic E-state index is 11.7. The normalized spacial score (nSPS) is 10.2. The van der Waals surface area contributed by atoms with Crippen molar-refractivity contribution in [2.45, 2.75) is 0 Å². The van der Waals surface area contributed by atoms with Crippen LogP contribution in [0.1, 0.15) is 0 Å². The minimum absolute atomic E-state index is 0.254. The van der Waals surface area contributed by atoms with Gasteiger partial charge in [0.2, 0.25) is 0 Å². The van der Waals surface area contributed by atoms with Crippen molar-refractivity contribution in [2.75, 3.05) is 6.61 Å². The van der Waals surface area contributed by atoms with Gasteiger partial charge in [-0.1, -0.05) is 51.3 Å². The van der Waals surface area contributed by atoms with Crippen molar-refractivity contribution in [3.05, 3.63) is 57.0 Å². The minimum atomic E-state index is -0.561. The summed E-state index contributed by atoms with van der Waals surface area (Å²) in [6, 6.07) is 11.8. The van der Waals surface area contributed by atoms with E-state index >= 15 is 0 Å². The first kappa shape index (κ1) is 15.2. The van der Waals surface area contributed by atoms with Crippen LogP contribution in [0.2, 0.25) is 10.0 Å². The van der Waals surface area contributed by atoms with Crippen LogP contribution in [-0.2, 0) is 4.79 Å². The van der Waals surface area contributed by atoms with E-state index in [1.54, 1.807) is 42.5 Å². The first-order valence-corrected chi connectivity index (χ1v) is 7.14. The average molecular weight is 376 g/mol. The highest BCUT2D eigenvalue weighted by atomic mass is 79.9. The van der Waals surface area contributed by atoms with Crippen molar-refractivity contribution in [1.29, 1.82) is 0 Å². The molecular formula is C14H9BrCl2O3. The molecule has 0 aliphatic heterocycles. The van der Waals surface area contributed by atoms with Crippen molar-refractivity contribution in [1.82, 2.24) is 0 Å². The lowest BCUT2D eigenvalue weighted by Crippen LogP contribution is -2.18. The Morgan fingerprint density at radius 3 is 2.50 bits per heavy atom. The van der Waals surface area contributed by atoms with E-state index < -0.39 is 5.97 Å². The molecule has 0 bridgehead atoms. The Bertz CT molecular complexity index is 632. The molecule has 3 nitrogen and oxygen atoms in total. The standard InChI is InChI=1S/C14H9BrCl2O3/c15-9-5-6-13(11(17)7-9)20-14(18)8-19-12-4-2-1-3-10(12)16/h1-7H,8H2. The molecule has 0 heterocycles. The Kier molecular flexibility index (Phi) is 5.29. The van der Waals surface area contributed by atoms with Gasteiger partial charge in [-0.15, -0.1) is 0 Å². The largest absolute Gasteiger partial charge is 0.480 e. The topological polar surface area (TPSA) is 35.5 Å². The summed E-state index contributed by atoms with van der Waals surface area (Å²) in [6.45, 7) is -0.254. The Labute approximate surface area is 134 Å². The summed E-state index contributed by atoms with van der Waals surface area (Å²) in [5.41, 5.74) is 0. The van der Waals surface area contributed by atoms with Crippen molar-refractivity contribution in [3.63, 3.8) is 0 Å². The molecule has 20 heavy (non-hydrogen) atoms. The average Bonchev–Trinajstić information content (AvgIpc) is 2.41. The van der Waals surface area contributed by atoms with Gasteiger partial charge in [-0.05, 0) is 30.3 Å². The molecule has 0 N–H and O–H groups in total. The van der Waals surface area contributed by atoms with Gasteiger partial charge in [-0.2, -0.15) is 0 Å². The Balaban J connectivity index is 1.94. The molecule has 0 aromatic heterocycles. The summed E-state index contributed by atoms with van der Waals surface area (Å²) >= 11 is 15.1. The predicted molar refractivity (Wildman–Crippen MR) is 81.7 cm³/mol. The van der Waals surface area contributed by atoms with Crippen LogP contribution in [0.3, 0.4) is 0 Å². The van der Waals surface area contributed by atoms with E-state index in [-0.39, 0.29) is 12.4 Å². The third kappa shape index (κ3) is 4.13. The molecule has 104 valence electrons. The minimum Gasteiger partial charge on any atom is -0.480 e. The first-order chi connectivity index (χ1) is 9.56. The number of halogens is 3. The zero-order valence-corrected chi connectivity index (χ0v) is 13.2. The van der Waals surface area contributed by atoms with Gasteiger partial charge in [-0.25, -0.2) is 4.79 Å². The van der Waals surface area contributed by atoms with E-state index in [2.05, 4.69) is 15.9 Å². The number of para-hydroxylation sites is 1. The Hall–Kier alpha value is -1.23. The van der Waals surface area contributed by atoms with Crippen LogP contribution in [0.25, 0.3) is 0 Å². The molecule has 0 saturated heterocycles. The number of hydrogen-bond acceptors (Lipinski definition) is 3. The molecule has 0 atom stereocenters. The van der Waals surface area contributed by atoms with Crippen molar-refractivity contribution >= 4 is 45.1 Å². The summed E-state index contributed by atoms with van der Waals surface area (Å²) in [4.78, 5) is 11.7. The fraction of sp³-hybridized carbons (Fsp3) is 0.0714. The van der Waals surface area contributed by atoms with Crippen LogP contribution < -0.4 is 9.47 Å². The highest BCUT2D eigenvalue weighted by molar-refractivity contribution is 9.10. The molecule has 0 spiro atoms. The summed E-state index contributed by atoms with van der Waals surface area (Å²) in [6.07, 6.45) is 0. The number of esters is 1. The van der Waals surface area contributed by atoms with Gasteiger partial charge in [0.1, 0.15) is 11.5 Å². The zero-order chi connectivity index (χ0) is 14.5. The lowest BCUT2D eigenvalue weighted by molar-refractivity contribution is -0.136. The Morgan fingerprint density at radius 1 is 1.05 bits per heavy atom. The van der Waals surface area contributed by atoms with E-state index in [1.807, 2.05) is 0 Å². The van der Waals surface area contributed by atoms with Gasteiger partial charge in [0, 0.05) is 4.47 Å². The maximum Gasteiger partial charge on any atom is 0.349 e. The van der Waals surface area contributed by atoms with Gasteiger partial charge in [-0.3, -0.25) is 0 Å². The number of carbonyl (C=O) groups is 1. The third-order valence-electron chi connectivity index (χ3n) is 2.30. The SMILES string of the molecule is O=C(COc1ccccc1Cl)Oc1ccc(Br)cc1Cl. The molecule has 0 saturated carbocycles. The second kappa shape index (κ2) is 6.97.